The van der Waals surface area contributed by atoms with Gasteiger partial charge in [-0.15, -0.1) is 0 Å². The van der Waals surface area contributed by atoms with Crippen molar-refractivity contribution in [3.05, 3.63) is 35.5 Å². The highest BCUT2D eigenvalue weighted by Crippen LogP contribution is 2.43. The molecule has 144 valence electrons. The molecule has 3 aliphatic rings. The van der Waals surface area contributed by atoms with Gasteiger partial charge in [0.25, 0.3) is 0 Å². The summed E-state index contributed by atoms with van der Waals surface area (Å²) < 4.78 is 11.9. The summed E-state index contributed by atoms with van der Waals surface area (Å²) in [4.78, 5) is 20.7. The summed E-state index contributed by atoms with van der Waals surface area (Å²) in [7, 11) is 2.01. The average Bonchev–Trinajstić information content (AvgIpc) is 3.09. The highest BCUT2D eigenvalue weighted by molar-refractivity contribution is 5.85. The number of hydrogen-bond donors (Lipinski definition) is 1. The molecule has 2 fully saturated rings. The molecule has 0 bridgehead atoms. The Hall–Kier alpha value is -1.89. The predicted octanol–water partition coefficient (Wildman–Crippen LogP) is 1.89. The number of ether oxygens (including phenoxy) is 2. The van der Waals surface area contributed by atoms with Crippen LogP contribution in [0.25, 0.3) is 10.9 Å². The van der Waals surface area contributed by atoms with E-state index in [1.54, 1.807) is 0 Å². The number of aromatic amines is 1. The van der Waals surface area contributed by atoms with Gasteiger partial charge in [0.1, 0.15) is 11.6 Å². The van der Waals surface area contributed by atoms with Crippen LogP contribution < -0.4 is 0 Å². The van der Waals surface area contributed by atoms with Gasteiger partial charge in [0, 0.05) is 30.5 Å². The minimum absolute atomic E-state index is 0.149. The van der Waals surface area contributed by atoms with Gasteiger partial charge in [0.15, 0.2) is 0 Å². The second-order valence-electron chi connectivity index (χ2n) is 8.01. The van der Waals surface area contributed by atoms with Crippen molar-refractivity contribution in [2.24, 2.45) is 0 Å². The summed E-state index contributed by atoms with van der Waals surface area (Å²) in [6.07, 6.45) is 2.64. The largest absolute Gasteiger partial charge is 0.378 e. The Kier molecular flexibility index (Phi) is 4.22. The summed E-state index contributed by atoms with van der Waals surface area (Å²) in [6, 6.07) is 8.36. The second-order valence-corrected chi connectivity index (χ2v) is 8.01. The first-order valence-electron chi connectivity index (χ1n) is 9.99. The fourth-order valence-corrected chi connectivity index (χ4v) is 4.91. The lowest BCUT2D eigenvalue weighted by atomic mass is 9.83. The first kappa shape index (κ1) is 17.2. The van der Waals surface area contributed by atoms with E-state index in [1.165, 1.54) is 22.2 Å². The van der Waals surface area contributed by atoms with Gasteiger partial charge >= 0.3 is 0 Å². The number of H-pyrrole nitrogens is 1. The van der Waals surface area contributed by atoms with Gasteiger partial charge in [0.2, 0.25) is 5.91 Å². The van der Waals surface area contributed by atoms with Crippen molar-refractivity contribution in [2.45, 2.75) is 30.9 Å². The molecule has 6 nitrogen and oxygen atoms in total. The summed E-state index contributed by atoms with van der Waals surface area (Å²) in [5.74, 6) is 0.194. The number of aromatic nitrogens is 1. The quantitative estimate of drug-likeness (QED) is 0.834. The molecule has 0 unspecified atom stereocenters. The Morgan fingerprint density at radius 2 is 2.00 bits per heavy atom. The maximum absolute atomic E-state index is 13.0. The minimum atomic E-state index is -0.279. The van der Waals surface area contributed by atoms with Crippen molar-refractivity contribution in [3.8, 4) is 0 Å². The Balaban J connectivity index is 1.37. The molecule has 1 spiro atoms. The van der Waals surface area contributed by atoms with Gasteiger partial charge in [-0.1, -0.05) is 18.2 Å². The van der Waals surface area contributed by atoms with E-state index >= 15 is 0 Å². The molecule has 0 saturated carbocycles. The monoisotopic (exact) mass is 369 g/mol. The normalized spacial score (nSPS) is 25.7. The lowest BCUT2D eigenvalue weighted by Gasteiger charge is -2.45. The second kappa shape index (κ2) is 6.62. The number of piperidine rings is 1. The van der Waals surface area contributed by atoms with Crippen molar-refractivity contribution in [3.63, 3.8) is 0 Å². The smallest absolute Gasteiger partial charge is 0.242 e. The van der Waals surface area contributed by atoms with E-state index in [2.05, 4.69) is 34.1 Å². The number of likely N-dealkylation sites (tertiary alicyclic amines) is 1. The number of amides is 1. The molecule has 1 atom stereocenters. The van der Waals surface area contributed by atoms with Crippen LogP contribution in [0.1, 0.15) is 24.1 Å². The summed E-state index contributed by atoms with van der Waals surface area (Å²) >= 11 is 0. The first-order chi connectivity index (χ1) is 13.2. The SMILES string of the molecule is CN1CCOC[C@H]1C(=O)N1CCC2(CC1)OCCc1c2[nH]c2ccccc12. The molecule has 2 saturated heterocycles. The zero-order chi connectivity index (χ0) is 18.4. The van der Waals surface area contributed by atoms with Crippen LogP contribution in [-0.4, -0.2) is 73.2 Å². The highest BCUT2D eigenvalue weighted by atomic mass is 16.5. The van der Waals surface area contributed by atoms with E-state index in [0.717, 1.165) is 45.5 Å². The van der Waals surface area contributed by atoms with E-state index in [-0.39, 0.29) is 17.6 Å². The maximum Gasteiger partial charge on any atom is 0.242 e. The molecule has 3 aliphatic heterocycles. The van der Waals surface area contributed by atoms with Crippen LogP contribution in [0.4, 0.5) is 0 Å². The van der Waals surface area contributed by atoms with Crippen molar-refractivity contribution in [1.29, 1.82) is 0 Å². The van der Waals surface area contributed by atoms with Gasteiger partial charge in [-0.25, -0.2) is 0 Å². The molecule has 4 heterocycles. The van der Waals surface area contributed by atoms with Crippen LogP contribution in [0.2, 0.25) is 0 Å². The molecular formula is C21H27N3O3. The maximum atomic E-state index is 13.0. The number of carbonyl (C=O) groups is 1. The van der Waals surface area contributed by atoms with E-state index < -0.39 is 0 Å². The van der Waals surface area contributed by atoms with Crippen LogP contribution >= 0.6 is 0 Å². The highest BCUT2D eigenvalue weighted by Gasteiger charge is 2.44. The number of carbonyl (C=O) groups excluding carboxylic acids is 1. The third-order valence-electron chi connectivity index (χ3n) is 6.56. The molecule has 1 aromatic carbocycles. The summed E-state index contributed by atoms with van der Waals surface area (Å²) in [5.41, 5.74) is 3.54. The number of benzene rings is 1. The first-order valence-corrected chi connectivity index (χ1v) is 9.99. The number of nitrogens with one attached hydrogen (secondary N) is 1. The molecule has 1 aromatic heterocycles. The third kappa shape index (κ3) is 2.78. The number of fused-ring (bicyclic) bond motifs is 4. The van der Waals surface area contributed by atoms with E-state index in [1.807, 2.05) is 11.9 Å². The lowest BCUT2D eigenvalue weighted by molar-refractivity contribution is -0.150. The number of para-hydroxylation sites is 1. The Labute approximate surface area is 159 Å². The molecular weight excluding hydrogens is 342 g/mol. The van der Waals surface area contributed by atoms with Crippen LogP contribution in [-0.2, 0) is 26.3 Å². The van der Waals surface area contributed by atoms with Crippen LogP contribution in [0.5, 0.6) is 0 Å². The zero-order valence-corrected chi connectivity index (χ0v) is 15.9. The molecule has 5 rings (SSSR count). The van der Waals surface area contributed by atoms with E-state index in [4.69, 9.17) is 9.47 Å². The Morgan fingerprint density at radius 3 is 2.81 bits per heavy atom. The Morgan fingerprint density at radius 1 is 1.19 bits per heavy atom. The van der Waals surface area contributed by atoms with Gasteiger partial charge in [0.05, 0.1) is 25.5 Å². The van der Waals surface area contributed by atoms with Crippen molar-refractivity contribution in [1.82, 2.24) is 14.8 Å². The number of hydrogen-bond acceptors (Lipinski definition) is 4. The predicted molar refractivity (Wildman–Crippen MR) is 103 cm³/mol. The molecule has 2 aromatic rings. The van der Waals surface area contributed by atoms with Crippen molar-refractivity contribution < 1.29 is 14.3 Å². The van der Waals surface area contributed by atoms with Gasteiger partial charge in [-0.2, -0.15) is 0 Å². The fourth-order valence-electron chi connectivity index (χ4n) is 4.91. The number of nitrogens with zero attached hydrogens (tertiary/aromatic N) is 2. The van der Waals surface area contributed by atoms with Crippen molar-refractivity contribution >= 4 is 16.8 Å². The number of rotatable bonds is 1. The van der Waals surface area contributed by atoms with Crippen molar-refractivity contribution in [2.75, 3.05) is 46.5 Å². The van der Waals surface area contributed by atoms with Gasteiger partial charge in [-0.05, 0) is 37.9 Å². The summed E-state index contributed by atoms with van der Waals surface area (Å²) in [6.45, 7) is 4.24. The van der Waals surface area contributed by atoms with E-state index in [9.17, 15) is 4.79 Å². The van der Waals surface area contributed by atoms with Gasteiger partial charge < -0.3 is 19.4 Å². The number of morpholine rings is 1. The van der Waals surface area contributed by atoms with Crippen LogP contribution in [0, 0.1) is 0 Å². The third-order valence-corrected chi connectivity index (χ3v) is 6.56. The van der Waals surface area contributed by atoms with Gasteiger partial charge in [-0.3, -0.25) is 9.69 Å². The van der Waals surface area contributed by atoms with Crippen LogP contribution in [0.3, 0.4) is 0 Å². The minimum Gasteiger partial charge on any atom is -0.378 e. The molecule has 0 radical (unpaired) electrons. The standard InChI is InChI=1S/C21H27N3O3/c1-23-11-13-26-14-18(23)20(25)24-9-7-21(8-10-24)19-16(6-12-27-21)15-4-2-3-5-17(15)22-19/h2-5,18,22H,6-14H2,1H3/t18-/m0/s1. The molecule has 1 amide bonds. The fraction of sp³-hybridized carbons (Fsp3) is 0.571. The zero-order valence-electron chi connectivity index (χ0n) is 15.9. The molecule has 6 heteroatoms. The average molecular weight is 369 g/mol. The Bertz CT molecular complexity index is 853. The summed E-state index contributed by atoms with van der Waals surface area (Å²) in [5, 5.41) is 1.31. The molecule has 27 heavy (non-hydrogen) atoms. The topological polar surface area (TPSA) is 57.8 Å². The molecule has 1 N–H and O–H groups in total. The van der Waals surface area contributed by atoms with E-state index in [0.29, 0.717) is 13.2 Å². The van der Waals surface area contributed by atoms with Crippen LogP contribution in [0.15, 0.2) is 24.3 Å². The molecule has 0 aliphatic carbocycles. The number of likely N-dealkylation sites (N-methyl/N-ethyl adjacent to an activating group) is 1. The lowest BCUT2D eigenvalue weighted by Crippen LogP contribution is -2.56.